The van der Waals surface area contributed by atoms with Crippen molar-refractivity contribution in [1.82, 2.24) is 10.2 Å². The van der Waals surface area contributed by atoms with Crippen LogP contribution in [-0.2, 0) is 25.5 Å². The Morgan fingerprint density at radius 3 is 1.87 bits per heavy atom. The van der Waals surface area contributed by atoms with Gasteiger partial charge in [-0.25, -0.2) is 9.59 Å². The van der Waals surface area contributed by atoms with Gasteiger partial charge in [0.1, 0.15) is 28.6 Å². The summed E-state index contributed by atoms with van der Waals surface area (Å²) >= 11 is 0. The van der Waals surface area contributed by atoms with E-state index in [-0.39, 0.29) is 25.1 Å². The Hall–Kier alpha value is -2.81. The van der Waals surface area contributed by atoms with Crippen LogP contribution in [0.5, 0.6) is 5.75 Å². The largest absolute Gasteiger partial charge is 0.488 e. The molecule has 0 bridgehead atoms. The van der Waals surface area contributed by atoms with E-state index in [1.165, 1.54) is 4.90 Å². The number of benzene rings is 1. The van der Waals surface area contributed by atoms with Crippen LogP contribution >= 0.6 is 0 Å². The third-order valence-electron chi connectivity index (χ3n) is 5.31. The van der Waals surface area contributed by atoms with Crippen LogP contribution in [0.4, 0.5) is 4.79 Å². The molecule has 2 amide bonds. The van der Waals surface area contributed by atoms with Crippen molar-refractivity contribution in [2.45, 2.75) is 111 Å². The van der Waals surface area contributed by atoms with Crippen molar-refractivity contribution in [3.63, 3.8) is 0 Å². The zero-order valence-electron chi connectivity index (χ0n) is 25.7. The first-order valence-electron chi connectivity index (χ1n) is 13.8. The third kappa shape index (κ3) is 14.2. The van der Waals surface area contributed by atoms with Gasteiger partial charge in [0.2, 0.25) is 0 Å². The first-order valence-corrected chi connectivity index (χ1v) is 13.8. The van der Waals surface area contributed by atoms with Crippen LogP contribution in [0.2, 0.25) is 0 Å². The lowest BCUT2D eigenvalue weighted by Gasteiger charge is -2.30. The maximum absolute atomic E-state index is 13.5. The third-order valence-corrected chi connectivity index (χ3v) is 5.31. The number of carbonyl (C=O) groups is 3. The van der Waals surface area contributed by atoms with Crippen LogP contribution in [0.15, 0.2) is 24.3 Å². The van der Waals surface area contributed by atoms with Crippen molar-refractivity contribution >= 4 is 18.0 Å². The maximum atomic E-state index is 13.5. The summed E-state index contributed by atoms with van der Waals surface area (Å²) in [7, 11) is 0. The van der Waals surface area contributed by atoms with Crippen LogP contribution in [0.1, 0.15) is 87.6 Å². The van der Waals surface area contributed by atoms with Gasteiger partial charge in [0.15, 0.2) is 0 Å². The summed E-state index contributed by atoms with van der Waals surface area (Å²) in [6.07, 6.45) is 1.80. The molecule has 2 atom stereocenters. The number of urea groups is 1. The van der Waals surface area contributed by atoms with Gasteiger partial charge in [0.05, 0.1) is 5.92 Å². The lowest BCUT2D eigenvalue weighted by molar-refractivity contribution is -0.160. The van der Waals surface area contributed by atoms with E-state index in [1.807, 2.05) is 52.0 Å². The fourth-order valence-corrected chi connectivity index (χ4v) is 3.61. The molecule has 0 aliphatic rings. The molecule has 1 aromatic rings. The van der Waals surface area contributed by atoms with Crippen LogP contribution in [-0.4, -0.2) is 65.3 Å². The molecule has 0 heterocycles. The molecule has 0 saturated carbocycles. The van der Waals surface area contributed by atoms with E-state index in [1.54, 1.807) is 41.5 Å². The highest BCUT2D eigenvalue weighted by molar-refractivity contribution is 5.84. The first kappa shape index (κ1) is 34.2. The van der Waals surface area contributed by atoms with Crippen LogP contribution in [0.25, 0.3) is 0 Å². The fraction of sp³-hybridized carbons (Fsp3) is 0.700. The molecule has 1 rings (SSSR count). The molecule has 0 spiro atoms. The first-order chi connectivity index (χ1) is 17.8. The number of carbonyl (C=O) groups excluding carboxylic acids is 3. The van der Waals surface area contributed by atoms with Gasteiger partial charge in [0, 0.05) is 26.1 Å². The summed E-state index contributed by atoms with van der Waals surface area (Å²) in [5.74, 6) is -0.976. The van der Waals surface area contributed by atoms with Crippen molar-refractivity contribution in [1.29, 1.82) is 0 Å². The Labute approximate surface area is 235 Å². The standard InChI is InChI=1S/C30H51N3O6/c1-11-12-17-33(20-22(19-31)25(34)38-29(5,6)7)27(36)32-24(26(35)39-30(8,9)10)18-21-13-15-23(16-14-21)37-28(2,3)4/h13-16,22,24H,11-12,17-20,31H2,1-10H3,(H,32,36)/t22-,24-/m0/s1. The minimum atomic E-state index is -0.937. The highest BCUT2D eigenvalue weighted by atomic mass is 16.6. The Kier molecular flexibility index (Phi) is 12.8. The lowest BCUT2D eigenvalue weighted by atomic mass is 10.0. The Balaban J connectivity index is 3.15. The molecular formula is C30H51N3O6. The molecule has 3 N–H and O–H groups in total. The van der Waals surface area contributed by atoms with E-state index in [2.05, 4.69) is 5.32 Å². The molecule has 0 radical (unpaired) electrons. The smallest absolute Gasteiger partial charge is 0.329 e. The predicted molar refractivity (Wildman–Crippen MR) is 154 cm³/mol. The number of nitrogens with one attached hydrogen (secondary N) is 1. The monoisotopic (exact) mass is 549 g/mol. The predicted octanol–water partition coefficient (Wildman–Crippen LogP) is 4.85. The molecular weight excluding hydrogens is 498 g/mol. The quantitative estimate of drug-likeness (QED) is 0.358. The molecule has 1 aromatic carbocycles. The van der Waals surface area contributed by atoms with E-state index in [9.17, 15) is 14.4 Å². The zero-order chi connectivity index (χ0) is 30.0. The minimum absolute atomic E-state index is 0.0310. The van der Waals surface area contributed by atoms with Crippen molar-refractivity contribution in [2.24, 2.45) is 11.7 Å². The molecule has 0 aliphatic heterocycles. The van der Waals surface area contributed by atoms with Gasteiger partial charge < -0.3 is 30.2 Å². The molecule has 0 aliphatic carbocycles. The Morgan fingerprint density at radius 2 is 1.41 bits per heavy atom. The fourth-order valence-electron chi connectivity index (χ4n) is 3.61. The second-order valence-corrected chi connectivity index (χ2v) is 12.9. The molecule has 0 aromatic heterocycles. The van der Waals surface area contributed by atoms with E-state index in [4.69, 9.17) is 19.9 Å². The van der Waals surface area contributed by atoms with E-state index >= 15 is 0 Å². The number of hydrogen-bond donors (Lipinski definition) is 2. The van der Waals surface area contributed by atoms with Crippen molar-refractivity contribution in [3.8, 4) is 5.75 Å². The molecule has 0 fully saturated rings. The topological polar surface area (TPSA) is 120 Å². The summed E-state index contributed by atoms with van der Waals surface area (Å²) in [5, 5.41) is 2.85. The normalized spacial score (nSPS) is 13.7. The molecule has 9 nitrogen and oxygen atoms in total. The van der Waals surface area contributed by atoms with Gasteiger partial charge in [-0.2, -0.15) is 0 Å². The zero-order valence-corrected chi connectivity index (χ0v) is 25.7. The van der Waals surface area contributed by atoms with Gasteiger partial charge in [-0.05, 0) is 86.4 Å². The number of hydrogen-bond acceptors (Lipinski definition) is 7. The number of nitrogens with two attached hydrogens (primary N) is 1. The van der Waals surface area contributed by atoms with Crippen LogP contribution in [0, 0.1) is 5.92 Å². The average molecular weight is 550 g/mol. The van der Waals surface area contributed by atoms with Gasteiger partial charge in [-0.1, -0.05) is 25.5 Å². The van der Waals surface area contributed by atoms with Gasteiger partial charge in [0.25, 0.3) is 0 Å². The summed E-state index contributed by atoms with van der Waals surface area (Å²) in [6.45, 7) is 19.1. The number of unbranched alkanes of at least 4 members (excludes halogenated alkanes) is 1. The van der Waals surface area contributed by atoms with Gasteiger partial charge in [-0.3, -0.25) is 4.79 Å². The molecule has 222 valence electrons. The number of esters is 2. The van der Waals surface area contributed by atoms with Crippen molar-refractivity contribution < 1.29 is 28.6 Å². The number of ether oxygens (including phenoxy) is 3. The van der Waals surface area contributed by atoms with E-state index < -0.39 is 41.1 Å². The maximum Gasteiger partial charge on any atom is 0.329 e. The van der Waals surface area contributed by atoms with Crippen LogP contribution < -0.4 is 15.8 Å². The SMILES string of the molecule is CCCCN(C[C@H](CN)C(=O)OC(C)(C)C)C(=O)N[C@@H](Cc1ccc(OC(C)(C)C)cc1)C(=O)OC(C)(C)C. The number of rotatable bonds is 12. The summed E-state index contributed by atoms with van der Waals surface area (Å²) < 4.78 is 17.0. The van der Waals surface area contributed by atoms with Crippen molar-refractivity contribution in [3.05, 3.63) is 29.8 Å². The average Bonchev–Trinajstić information content (AvgIpc) is 2.76. The number of amides is 2. The second-order valence-electron chi connectivity index (χ2n) is 12.9. The highest BCUT2D eigenvalue weighted by Crippen LogP contribution is 2.20. The molecule has 0 unspecified atom stereocenters. The summed E-state index contributed by atoms with van der Waals surface area (Å²) in [6, 6.07) is 6.02. The van der Waals surface area contributed by atoms with Crippen molar-refractivity contribution in [2.75, 3.05) is 19.6 Å². The lowest BCUT2D eigenvalue weighted by Crippen LogP contribution is -2.52. The Morgan fingerprint density at radius 1 is 0.872 bits per heavy atom. The van der Waals surface area contributed by atoms with E-state index in [0.717, 1.165) is 18.4 Å². The van der Waals surface area contributed by atoms with Gasteiger partial charge >= 0.3 is 18.0 Å². The summed E-state index contributed by atoms with van der Waals surface area (Å²) in [4.78, 5) is 40.9. The molecule has 0 saturated heterocycles. The molecule has 39 heavy (non-hydrogen) atoms. The minimum Gasteiger partial charge on any atom is -0.488 e. The highest BCUT2D eigenvalue weighted by Gasteiger charge is 2.31. The van der Waals surface area contributed by atoms with E-state index in [0.29, 0.717) is 12.3 Å². The number of nitrogens with zero attached hydrogens (tertiary/aromatic N) is 1. The van der Waals surface area contributed by atoms with Gasteiger partial charge in [-0.15, -0.1) is 0 Å². The summed E-state index contributed by atoms with van der Waals surface area (Å²) in [5.41, 5.74) is 5.00. The molecule has 9 heteroatoms. The second kappa shape index (κ2) is 14.5. The van der Waals surface area contributed by atoms with Crippen LogP contribution in [0.3, 0.4) is 0 Å². The Bertz CT molecular complexity index is 926.